The van der Waals surface area contributed by atoms with E-state index in [1.807, 2.05) is 20.8 Å². The van der Waals surface area contributed by atoms with Crippen LogP contribution < -0.4 is 5.73 Å². The van der Waals surface area contributed by atoms with E-state index in [0.717, 1.165) is 25.7 Å². The summed E-state index contributed by atoms with van der Waals surface area (Å²) in [5, 5.41) is 9.23. The van der Waals surface area contributed by atoms with Crippen molar-refractivity contribution in [3.8, 4) is 0 Å². The molecule has 4 nitrogen and oxygen atoms in total. The van der Waals surface area contributed by atoms with Crippen molar-refractivity contribution in [2.45, 2.75) is 64.1 Å². The Morgan fingerprint density at radius 2 is 2.00 bits per heavy atom. The van der Waals surface area contributed by atoms with E-state index < -0.39 is 6.09 Å². The fourth-order valence-electron chi connectivity index (χ4n) is 2.43. The molecular weight excluding hydrogens is 192 g/mol. The first-order valence-electron chi connectivity index (χ1n) is 5.60. The molecule has 3 N–H and O–H groups in total. The Kier molecular flexibility index (Phi) is 3.60. The van der Waals surface area contributed by atoms with E-state index in [1.54, 1.807) is 4.90 Å². The van der Waals surface area contributed by atoms with Crippen molar-refractivity contribution in [1.82, 2.24) is 4.90 Å². The van der Waals surface area contributed by atoms with Crippen LogP contribution in [-0.4, -0.2) is 33.7 Å². The van der Waals surface area contributed by atoms with E-state index in [2.05, 4.69) is 0 Å². The second kappa shape index (κ2) is 4.39. The normalized spacial score (nSPS) is 27.5. The minimum Gasteiger partial charge on any atom is -0.465 e. The van der Waals surface area contributed by atoms with Crippen molar-refractivity contribution in [1.29, 1.82) is 0 Å². The Labute approximate surface area is 91.4 Å². The molecule has 88 valence electrons. The highest BCUT2D eigenvalue weighted by Crippen LogP contribution is 2.27. The van der Waals surface area contributed by atoms with Crippen LogP contribution >= 0.6 is 0 Å². The standard InChI is InChI=1S/C11H22N2O2/c1-11(2,3)13(10(14)15)9-6-4-5-8(12)7-9/h8-9H,4-7,12H2,1-3H3,(H,14,15)/t8-,9+/m1/s1. The van der Waals surface area contributed by atoms with Gasteiger partial charge in [0.25, 0.3) is 0 Å². The summed E-state index contributed by atoms with van der Waals surface area (Å²) in [5.41, 5.74) is 5.55. The molecule has 15 heavy (non-hydrogen) atoms. The Bertz CT molecular complexity index is 235. The maximum absolute atomic E-state index is 11.2. The van der Waals surface area contributed by atoms with E-state index in [0.29, 0.717) is 0 Å². The Morgan fingerprint density at radius 3 is 2.40 bits per heavy atom. The van der Waals surface area contributed by atoms with Gasteiger partial charge in [-0.3, -0.25) is 0 Å². The van der Waals surface area contributed by atoms with Gasteiger partial charge in [-0.1, -0.05) is 0 Å². The van der Waals surface area contributed by atoms with Crippen LogP contribution in [0, 0.1) is 0 Å². The number of hydrogen-bond donors (Lipinski definition) is 2. The fraction of sp³-hybridized carbons (Fsp3) is 0.909. The van der Waals surface area contributed by atoms with Crippen LogP contribution in [0.4, 0.5) is 4.79 Å². The summed E-state index contributed by atoms with van der Waals surface area (Å²) in [5.74, 6) is 0. The van der Waals surface area contributed by atoms with Gasteiger partial charge in [-0.25, -0.2) is 4.79 Å². The third-order valence-corrected chi connectivity index (χ3v) is 2.98. The van der Waals surface area contributed by atoms with E-state index >= 15 is 0 Å². The van der Waals surface area contributed by atoms with Gasteiger partial charge in [0.1, 0.15) is 0 Å². The topological polar surface area (TPSA) is 66.6 Å². The summed E-state index contributed by atoms with van der Waals surface area (Å²) in [6.07, 6.45) is 2.96. The average Bonchev–Trinajstić information content (AvgIpc) is 1.99. The third-order valence-electron chi connectivity index (χ3n) is 2.98. The first kappa shape index (κ1) is 12.3. The molecule has 0 heterocycles. The van der Waals surface area contributed by atoms with Crippen molar-refractivity contribution in [3.05, 3.63) is 0 Å². The van der Waals surface area contributed by atoms with E-state index in [-0.39, 0.29) is 17.6 Å². The predicted octanol–water partition coefficient (Wildman–Crippen LogP) is 2.03. The van der Waals surface area contributed by atoms with Crippen LogP contribution in [0.25, 0.3) is 0 Å². The molecule has 1 aliphatic carbocycles. The van der Waals surface area contributed by atoms with Gasteiger partial charge in [-0.05, 0) is 46.5 Å². The largest absolute Gasteiger partial charge is 0.465 e. The SMILES string of the molecule is CC(C)(C)N(C(=O)O)[C@H]1CCC[C@@H](N)C1. The molecule has 1 rings (SSSR count). The molecule has 4 heteroatoms. The lowest BCUT2D eigenvalue weighted by Gasteiger charge is -2.42. The second-order valence-corrected chi connectivity index (χ2v) is 5.40. The molecule has 0 bridgehead atoms. The molecule has 0 aromatic rings. The quantitative estimate of drug-likeness (QED) is 0.702. The molecule has 0 radical (unpaired) electrons. The second-order valence-electron chi connectivity index (χ2n) is 5.40. The van der Waals surface area contributed by atoms with Gasteiger partial charge in [-0.2, -0.15) is 0 Å². The van der Waals surface area contributed by atoms with Gasteiger partial charge in [0, 0.05) is 17.6 Å². The molecule has 0 aromatic carbocycles. The third kappa shape index (κ3) is 3.09. The lowest BCUT2D eigenvalue weighted by Crippen LogP contribution is -2.53. The molecule has 0 spiro atoms. The molecular formula is C11H22N2O2. The van der Waals surface area contributed by atoms with Crippen LogP contribution in [0.2, 0.25) is 0 Å². The summed E-state index contributed by atoms with van der Waals surface area (Å²) >= 11 is 0. The summed E-state index contributed by atoms with van der Waals surface area (Å²) in [4.78, 5) is 12.8. The van der Waals surface area contributed by atoms with Gasteiger partial charge in [0.05, 0.1) is 0 Å². The number of carbonyl (C=O) groups is 1. The van der Waals surface area contributed by atoms with Crippen LogP contribution in [0.3, 0.4) is 0 Å². The van der Waals surface area contributed by atoms with Gasteiger partial charge < -0.3 is 15.7 Å². The van der Waals surface area contributed by atoms with E-state index in [4.69, 9.17) is 5.73 Å². The van der Waals surface area contributed by atoms with Crippen molar-refractivity contribution in [3.63, 3.8) is 0 Å². The smallest absolute Gasteiger partial charge is 0.407 e. The zero-order chi connectivity index (χ0) is 11.6. The molecule has 0 aromatic heterocycles. The van der Waals surface area contributed by atoms with Gasteiger partial charge in [-0.15, -0.1) is 0 Å². The highest BCUT2D eigenvalue weighted by Gasteiger charge is 2.35. The van der Waals surface area contributed by atoms with Crippen LogP contribution in [0.15, 0.2) is 0 Å². The van der Waals surface area contributed by atoms with Crippen LogP contribution in [0.1, 0.15) is 46.5 Å². The summed E-state index contributed by atoms with van der Waals surface area (Å²) in [6, 6.07) is 0.249. The Balaban J connectivity index is 2.76. The lowest BCUT2D eigenvalue weighted by molar-refractivity contribution is 0.0541. The molecule has 0 aliphatic heterocycles. The molecule has 1 amide bonds. The van der Waals surface area contributed by atoms with E-state index in [9.17, 15) is 9.90 Å². The van der Waals surface area contributed by atoms with Gasteiger partial charge >= 0.3 is 6.09 Å². The van der Waals surface area contributed by atoms with Gasteiger partial charge in [0.2, 0.25) is 0 Å². The van der Waals surface area contributed by atoms with Crippen LogP contribution in [-0.2, 0) is 0 Å². The summed E-state index contributed by atoms with van der Waals surface area (Å²) in [6.45, 7) is 5.80. The maximum atomic E-state index is 11.2. The molecule has 1 fully saturated rings. The fourth-order valence-corrected chi connectivity index (χ4v) is 2.43. The van der Waals surface area contributed by atoms with Crippen molar-refractivity contribution >= 4 is 6.09 Å². The van der Waals surface area contributed by atoms with E-state index in [1.165, 1.54) is 0 Å². The van der Waals surface area contributed by atoms with Crippen LogP contribution in [0.5, 0.6) is 0 Å². The van der Waals surface area contributed by atoms with Crippen molar-refractivity contribution in [2.24, 2.45) is 5.73 Å². The van der Waals surface area contributed by atoms with Crippen molar-refractivity contribution in [2.75, 3.05) is 0 Å². The zero-order valence-corrected chi connectivity index (χ0v) is 9.86. The first-order valence-corrected chi connectivity index (χ1v) is 5.60. The Morgan fingerprint density at radius 1 is 1.40 bits per heavy atom. The monoisotopic (exact) mass is 214 g/mol. The molecule has 1 aliphatic rings. The molecule has 0 unspecified atom stereocenters. The summed E-state index contributed by atoms with van der Waals surface area (Å²) in [7, 11) is 0. The molecule has 0 saturated heterocycles. The number of rotatable bonds is 1. The van der Waals surface area contributed by atoms with Crippen molar-refractivity contribution < 1.29 is 9.90 Å². The summed E-state index contributed by atoms with van der Waals surface area (Å²) < 4.78 is 0. The first-order chi connectivity index (χ1) is 6.82. The lowest BCUT2D eigenvalue weighted by atomic mass is 9.88. The predicted molar refractivity (Wildman–Crippen MR) is 59.8 cm³/mol. The molecule has 1 saturated carbocycles. The number of hydrogen-bond acceptors (Lipinski definition) is 2. The van der Waals surface area contributed by atoms with Gasteiger partial charge in [0.15, 0.2) is 0 Å². The molecule has 2 atom stereocenters. The number of nitrogens with zero attached hydrogens (tertiary/aromatic N) is 1. The minimum atomic E-state index is -0.832. The highest BCUT2D eigenvalue weighted by atomic mass is 16.4. The maximum Gasteiger partial charge on any atom is 0.407 e. The number of amides is 1. The highest BCUT2D eigenvalue weighted by molar-refractivity contribution is 5.66. The number of carboxylic acid groups (broad SMARTS) is 1. The zero-order valence-electron chi connectivity index (χ0n) is 9.86. The Hall–Kier alpha value is -0.770. The average molecular weight is 214 g/mol. The minimum absolute atomic E-state index is 0.0891. The number of nitrogens with two attached hydrogens (primary N) is 1.